The fourth-order valence-electron chi connectivity index (χ4n) is 3.71. The number of aliphatic hydroxyl groups excluding tert-OH is 1. The molecule has 0 unspecified atom stereocenters. The van der Waals surface area contributed by atoms with Crippen LogP contribution in [0.5, 0.6) is 0 Å². The monoisotopic (exact) mass is 315 g/mol. The van der Waals surface area contributed by atoms with Crippen LogP contribution in [0.4, 0.5) is 0 Å². The molecule has 0 aromatic carbocycles. The highest BCUT2D eigenvalue weighted by Crippen LogP contribution is 2.27. The maximum atomic E-state index is 12.7. The minimum atomic E-state index is -0.511. The number of aryl methyl sites for hydroxylation is 2. The zero-order chi connectivity index (χ0) is 16.0. The largest absolute Gasteiger partial charge is 0.391 e. The molecule has 1 saturated heterocycles. The van der Waals surface area contributed by atoms with E-state index in [1.165, 1.54) is 0 Å². The van der Waals surface area contributed by atoms with E-state index in [0.717, 1.165) is 41.9 Å². The van der Waals surface area contributed by atoms with E-state index >= 15 is 0 Å². The van der Waals surface area contributed by atoms with Crippen molar-refractivity contribution in [3.63, 3.8) is 0 Å². The molecule has 2 atom stereocenters. The maximum absolute atomic E-state index is 12.7. The lowest BCUT2D eigenvalue weighted by molar-refractivity contribution is 0.0758. The molecule has 2 aromatic rings. The second-order valence-electron chi connectivity index (χ2n) is 6.67. The van der Waals surface area contributed by atoms with E-state index in [1.54, 1.807) is 4.90 Å². The number of aromatic amines is 2. The van der Waals surface area contributed by atoms with Gasteiger partial charge in [-0.15, -0.1) is 0 Å². The van der Waals surface area contributed by atoms with Crippen molar-refractivity contribution in [2.75, 3.05) is 13.1 Å². The molecule has 1 amide bonds. The van der Waals surface area contributed by atoms with E-state index < -0.39 is 6.10 Å². The van der Waals surface area contributed by atoms with E-state index in [9.17, 15) is 9.90 Å². The highest BCUT2D eigenvalue weighted by molar-refractivity contribution is 5.94. The fraction of sp³-hybridized carbons (Fsp3) is 0.562. The number of amides is 1. The number of β-amino-alcohol motifs (C(OH)–C–C–N with tert-alkyl or cyclic N) is 1. The molecule has 1 aliphatic heterocycles. The van der Waals surface area contributed by atoms with Crippen LogP contribution in [0.2, 0.25) is 0 Å². The molecule has 0 bridgehead atoms. The Labute approximate surface area is 134 Å². The second kappa shape index (κ2) is 5.49. The van der Waals surface area contributed by atoms with Gasteiger partial charge < -0.3 is 10.0 Å². The van der Waals surface area contributed by atoms with Crippen LogP contribution in [0.15, 0.2) is 6.07 Å². The number of hydrogen-bond donors (Lipinski definition) is 3. The van der Waals surface area contributed by atoms with Crippen LogP contribution < -0.4 is 0 Å². The van der Waals surface area contributed by atoms with Crippen LogP contribution in [0.3, 0.4) is 0 Å². The highest BCUT2D eigenvalue weighted by Gasteiger charge is 2.36. The van der Waals surface area contributed by atoms with Crippen LogP contribution in [-0.4, -0.2) is 55.5 Å². The summed E-state index contributed by atoms with van der Waals surface area (Å²) in [6, 6.07) is 1.98. The number of nitrogens with one attached hydrogen (secondary N) is 2. The van der Waals surface area contributed by atoms with E-state index in [2.05, 4.69) is 20.4 Å². The van der Waals surface area contributed by atoms with Gasteiger partial charge in [0.25, 0.3) is 5.91 Å². The predicted octanol–water partition coefficient (Wildman–Crippen LogP) is 0.606. The Hall–Kier alpha value is -2.15. The Morgan fingerprint density at radius 3 is 3.00 bits per heavy atom. The molecule has 2 aromatic heterocycles. The van der Waals surface area contributed by atoms with Gasteiger partial charge in [0.2, 0.25) is 0 Å². The zero-order valence-corrected chi connectivity index (χ0v) is 13.2. The first-order valence-corrected chi connectivity index (χ1v) is 8.16. The normalized spacial score (nSPS) is 23.5. The summed E-state index contributed by atoms with van der Waals surface area (Å²) in [6.45, 7) is 2.87. The summed E-state index contributed by atoms with van der Waals surface area (Å²) in [7, 11) is 0. The summed E-state index contributed by atoms with van der Waals surface area (Å²) < 4.78 is 0. The third kappa shape index (κ3) is 2.55. The molecular formula is C16H21N5O2. The molecule has 7 nitrogen and oxygen atoms in total. The lowest BCUT2D eigenvalue weighted by Gasteiger charge is -2.15. The van der Waals surface area contributed by atoms with Crippen LogP contribution in [0, 0.1) is 12.8 Å². The van der Waals surface area contributed by atoms with E-state index in [0.29, 0.717) is 25.2 Å². The van der Waals surface area contributed by atoms with Crippen LogP contribution in [0.25, 0.3) is 0 Å². The molecule has 1 fully saturated rings. The standard InChI is InChI=1S/C16H21N5O2/c1-9-5-11(18-17-9)6-10-7-21(8-14(10)22)16(23)15-12-3-2-4-13(12)19-20-15/h5,10,14,22H,2-4,6-8H2,1H3,(H,17,18)(H,19,20)/t10-,14+/m1/s1. The summed E-state index contributed by atoms with van der Waals surface area (Å²) in [5.74, 6) is -0.0437. The van der Waals surface area contributed by atoms with Gasteiger partial charge in [-0.25, -0.2) is 0 Å². The van der Waals surface area contributed by atoms with Gasteiger partial charge in [0, 0.05) is 36.0 Å². The molecule has 0 saturated carbocycles. The van der Waals surface area contributed by atoms with E-state index in [1.807, 2.05) is 13.0 Å². The zero-order valence-electron chi connectivity index (χ0n) is 13.2. The van der Waals surface area contributed by atoms with Gasteiger partial charge in [0.15, 0.2) is 5.69 Å². The van der Waals surface area contributed by atoms with Crippen LogP contribution >= 0.6 is 0 Å². The first-order chi connectivity index (χ1) is 11.1. The van der Waals surface area contributed by atoms with Gasteiger partial charge in [-0.3, -0.25) is 15.0 Å². The predicted molar refractivity (Wildman–Crippen MR) is 83.0 cm³/mol. The number of likely N-dealkylation sites (tertiary alicyclic amines) is 1. The number of H-pyrrole nitrogens is 2. The Morgan fingerprint density at radius 1 is 1.35 bits per heavy atom. The van der Waals surface area contributed by atoms with E-state index in [-0.39, 0.29) is 11.8 Å². The first-order valence-electron chi connectivity index (χ1n) is 8.16. The van der Waals surface area contributed by atoms with Crippen molar-refractivity contribution >= 4 is 5.91 Å². The molecule has 122 valence electrons. The molecule has 7 heteroatoms. The number of rotatable bonds is 3. The molecule has 0 radical (unpaired) electrons. The van der Waals surface area contributed by atoms with Crippen molar-refractivity contribution in [1.82, 2.24) is 25.3 Å². The summed E-state index contributed by atoms with van der Waals surface area (Å²) in [6.07, 6.45) is 3.13. The highest BCUT2D eigenvalue weighted by atomic mass is 16.3. The number of fused-ring (bicyclic) bond motifs is 1. The minimum Gasteiger partial charge on any atom is -0.391 e. The van der Waals surface area contributed by atoms with Crippen molar-refractivity contribution < 1.29 is 9.90 Å². The molecule has 3 N–H and O–H groups in total. The topological polar surface area (TPSA) is 97.9 Å². The summed E-state index contributed by atoms with van der Waals surface area (Å²) in [5, 5.41) is 24.6. The average molecular weight is 315 g/mol. The SMILES string of the molecule is Cc1cc(C[C@@H]2CN(C(=O)c3n[nH]c4c3CCC4)C[C@@H]2O)n[nH]1. The Bertz CT molecular complexity index is 735. The third-order valence-corrected chi connectivity index (χ3v) is 4.93. The lowest BCUT2D eigenvalue weighted by Crippen LogP contribution is -2.30. The van der Waals surface area contributed by atoms with Crippen molar-refractivity contribution in [2.45, 2.75) is 38.7 Å². The summed E-state index contributed by atoms with van der Waals surface area (Å²) >= 11 is 0. The van der Waals surface area contributed by atoms with E-state index in [4.69, 9.17) is 0 Å². The van der Waals surface area contributed by atoms with Gasteiger partial charge in [-0.05, 0) is 38.7 Å². The first kappa shape index (κ1) is 14.4. The minimum absolute atomic E-state index is 0.0219. The average Bonchev–Trinajstić information content (AvgIpc) is 3.24. The molecule has 2 aliphatic rings. The smallest absolute Gasteiger partial charge is 0.274 e. The molecule has 23 heavy (non-hydrogen) atoms. The quantitative estimate of drug-likeness (QED) is 0.773. The second-order valence-corrected chi connectivity index (χ2v) is 6.67. The molecule has 0 spiro atoms. The van der Waals surface area contributed by atoms with Gasteiger partial charge >= 0.3 is 0 Å². The third-order valence-electron chi connectivity index (χ3n) is 4.93. The lowest BCUT2D eigenvalue weighted by atomic mass is 10.0. The van der Waals surface area contributed by atoms with Crippen LogP contribution in [-0.2, 0) is 19.3 Å². The van der Waals surface area contributed by atoms with Gasteiger partial charge in [-0.2, -0.15) is 10.2 Å². The van der Waals surface area contributed by atoms with Gasteiger partial charge in [0.1, 0.15) is 0 Å². The molecule has 3 heterocycles. The van der Waals surface area contributed by atoms with Crippen molar-refractivity contribution in [3.8, 4) is 0 Å². The summed E-state index contributed by atoms with van der Waals surface area (Å²) in [5.41, 5.74) is 4.64. The Balaban J connectivity index is 1.47. The number of aliphatic hydroxyl groups is 1. The molecule has 1 aliphatic carbocycles. The number of carbonyl (C=O) groups excluding carboxylic acids is 1. The fourth-order valence-corrected chi connectivity index (χ4v) is 3.71. The van der Waals surface area contributed by atoms with Crippen molar-refractivity contribution in [2.24, 2.45) is 5.92 Å². The molecular weight excluding hydrogens is 294 g/mol. The molecule has 4 rings (SSSR count). The maximum Gasteiger partial charge on any atom is 0.274 e. The van der Waals surface area contributed by atoms with Crippen molar-refractivity contribution in [3.05, 3.63) is 34.4 Å². The summed E-state index contributed by atoms with van der Waals surface area (Å²) in [4.78, 5) is 14.5. The number of aromatic nitrogens is 4. The van der Waals surface area contributed by atoms with Gasteiger partial charge in [0.05, 0.1) is 11.8 Å². The Kier molecular flexibility index (Phi) is 3.45. The van der Waals surface area contributed by atoms with Crippen LogP contribution in [0.1, 0.15) is 39.6 Å². The number of hydrogen-bond acceptors (Lipinski definition) is 4. The number of carbonyl (C=O) groups is 1. The Morgan fingerprint density at radius 2 is 2.22 bits per heavy atom. The number of nitrogens with zero attached hydrogens (tertiary/aromatic N) is 3. The van der Waals surface area contributed by atoms with Crippen molar-refractivity contribution in [1.29, 1.82) is 0 Å². The van der Waals surface area contributed by atoms with Gasteiger partial charge in [-0.1, -0.05) is 0 Å².